The van der Waals surface area contributed by atoms with Gasteiger partial charge in [0, 0.05) is 31.9 Å². The summed E-state index contributed by atoms with van der Waals surface area (Å²) in [5.41, 5.74) is 9.93. The van der Waals surface area contributed by atoms with E-state index >= 15 is 0 Å². The monoisotopic (exact) mass is 352 g/mol. The topological polar surface area (TPSA) is 56.4 Å². The van der Waals surface area contributed by atoms with E-state index in [1.165, 1.54) is 11.3 Å². The maximum absolute atomic E-state index is 12.7. The van der Waals surface area contributed by atoms with Crippen LogP contribution in [0.1, 0.15) is 24.1 Å². The molecule has 2 aromatic carbocycles. The summed E-state index contributed by atoms with van der Waals surface area (Å²) < 4.78 is 0. The second-order valence-corrected chi connectivity index (χ2v) is 6.73. The van der Waals surface area contributed by atoms with Gasteiger partial charge in [-0.15, -0.1) is 0 Å². The zero-order valence-electron chi connectivity index (χ0n) is 15.5. The number of anilines is 1. The number of benzene rings is 2. The van der Waals surface area contributed by atoms with Crippen molar-refractivity contribution in [3.05, 3.63) is 65.7 Å². The van der Waals surface area contributed by atoms with Gasteiger partial charge in [-0.1, -0.05) is 42.5 Å². The Morgan fingerprint density at radius 1 is 1.19 bits per heavy atom. The van der Waals surface area contributed by atoms with Gasteiger partial charge in [0.15, 0.2) is 0 Å². The Balaban J connectivity index is 1.55. The maximum Gasteiger partial charge on any atom is 0.226 e. The molecule has 0 spiro atoms. The number of aryl methyl sites for hydroxylation is 1. The van der Waals surface area contributed by atoms with Crippen LogP contribution in [0, 0.1) is 12.8 Å². The predicted molar refractivity (Wildman–Crippen MR) is 106 cm³/mol. The standard InChI is InChI=1S/C21H28N4O/c1-3-25(18-11-7-8-16(2)14-18)13-12-22-21(26)19-15-23-24-20(19)17-9-5-4-6-10-17/h4-11,14,19-20,23-24H,3,12-13,15H2,1-2H3,(H,22,26). The third-order valence-corrected chi connectivity index (χ3v) is 4.91. The van der Waals surface area contributed by atoms with Gasteiger partial charge in [-0.3, -0.25) is 10.2 Å². The van der Waals surface area contributed by atoms with Crippen LogP contribution in [0.15, 0.2) is 54.6 Å². The lowest BCUT2D eigenvalue weighted by atomic mass is 9.94. The first-order valence-electron chi connectivity index (χ1n) is 9.31. The second kappa shape index (κ2) is 8.83. The molecule has 1 heterocycles. The van der Waals surface area contributed by atoms with Crippen LogP contribution in [0.5, 0.6) is 0 Å². The van der Waals surface area contributed by atoms with Crippen molar-refractivity contribution in [2.24, 2.45) is 5.92 Å². The molecular weight excluding hydrogens is 324 g/mol. The van der Waals surface area contributed by atoms with E-state index in [0.717, 1.165) is 18.7 Å². The Hall–Kier alpha value is -2.37. The highest BCUT2D eigenvalue weighted by Crippen LogP contribution is 2.24. The number of hydrogen-bond donors (Lipinski definition) is 3. The van der Waals surface area contributed by atoms with Crippen molar-refractivity contribution < 1.29 is 4.79 Å². The molecule has 1 aliphatic rings. The van der Waals surface area contributed by atoms with Gasteiger partial charge < -0.3 is 10.2 Å². The smallest absolute Gasteiger partial charge is 0.226 e. The van der Waals surface area contributed by atoms with Gasteiger partial charge in [-0.05, 0) is 37.1 Å². The summed E-state index contributed by atoms with van der Waals surface area (Å²) in [7, 11) is 0. The molecule has 1 saturated heterocycles. The molecule has 0 radical (unpaired) electrons. The minimum Gasteiger partial charge on any atom is -0.370 e. The van der Waals surface area contributed by atoms with E-state index in [-0.39, 0.29) is 17.9 Å². The van der Waals surface area contributed by atoms with Crippen molar-refractivity contribution in [1.82, 2.24) is 16.2 Å². The molecule has 3 N–H and O–H groups in total. The van der Waals surface area contributed by atoms with Crippen molar-refractivity contribution in [2.75, 3.05) is 31.1 Å². The number of likely N-dealkylation sites (N-methyl/N-ethyl adjacent to an activating group) is 1. The number of nitrogens with one attached hydrogen (secondary N) is 3. The number of amides is 1. The molecule has 2 unspecified atom stereocenters. The molecule has 3 rings (SSSR count). The highest BCUT2D eigenvalue weighted by atomic mass is 16.2. The number of rotatable bonds is 7. The van der Waals surface area contributed by atoms with Gasteiger partial charge in [-0.2, -0.15) is 0 Å². The van der Waals surface area contributed by atoms with Crippen LogP contribution in [0.2, 0.25) is 0 Å². The molecule has 5 nitrogen and oxygen atoms in total. The highest BCUT2D eigenvalue weighted by molar-refractivity contribution is 5.80. The van der Waals surface area contributed by atoms with E-state index < -0.39 is 0 Å². The molecule has 1 amide bonds. The lowest BCUT2D eigenvalue weighted by molar-refractivity contribution is -0.124. The number of carbonyl (C=O) groups excluding carboxylic acids is 1. The Kier molecular flexibility index (Phi) is 6.26. The Morgan fingerprint density at radius 3 is 2.73 bits per heavy atom. The van der Waals surface area contributed by atoms with Crippen molar-refractivity contribution in [1.29, 1.82) is 0 Å². The molecular formula is C21H28N4O. The zero-order valence-corrected chi connectivity index (χ0v) is 15.5. The molecule has 0 aromatic heterocycles. The summed E-state index contributed by atoms with van der Waals surface area (Å²) in [5.74, 6) is -0.0110. The molecule has 26 heavy (non-hydrogen) atoms. The molecule has 138 valence electrons. The van der Waals surface area contributed by atoms with Crippen molar-refractivity contribution >= 4 is 11.6 Å². The van der Waals surface area contributed by atoms with Crippen LogP contribution in [0.4, 0.5) is 5.69 Å². The van der Waals surface area contributed by atoms with Crippen LogP contribution >= 0.6 is 0 Å². The van der Waals surface area contributed by atoms with Gasteiger partial charge in [0.1, 0.15) is 0 Å². The molecule has 0 bridgehead atoms. The Morgan fingerprint density at radius 2 is 2.00 bits per heavy atom. The Bertz CT molecular complexity index is 719. The number of hydrogen-bond acceptors (Lipinski definition) is 4. The lowest BCUT2D eigenvalue weighted by Gasteiger charge is -2.24. The second-order valence-electron chi connectivity index (χ2n) is 6.73. The number of hydrazine groups is 1. The number of carbonyl (C=O) groups is 1. The van der Waals surface area contributed by atoms with Crippen LogP contribution in [-0.2, 0) is 4.79 Å². The number of nitrogens with zero attached hydrogens (tertiary/aromatic N) is 1. The summed E-state index contributed by atoms with van der Waals surface area (Å²) in [6, 6.07) is 18.6. The maximum atomic E-state index is 12.7. The van der Waals surface area contributed by atoms with E-state index in [2.05, 4.69) is 71.3 Å². The Labute approximate surface area is 155 Å². The first kappa shape index (κ1) is 18.4. The van der Waals surface area contributed by atoms with Crippen molar-refractivity contribution in [3.8, 4) is 0 Å². The molecule has 1 fully saturated rings. The molecule has 0 saturated carbocycles. The van der Waals surface area contributed by atoms with E-state index in [4.69, 9.17) is 0 Å². The fourth-order valence-corrected chi connectivity index (χ4v) is 3.46. The van der Waals surface area contributed by atoms with Crippen molar-refractivity contribution in [3.63, 3.8) is 0 Å². The highest BCUT2D eigenvalue weighted by Gasteiger charge is 2.33. The van der Waals surface area contributed by atoms with E-state index in [1.54, 1.807) is 0 Å². The average Bonchev–Trinajstić information content (AvgIpc) is 3.16. The first-order valence-corrected chi connectivity index (χ1v) is 9.31. The van der Waals surface area contributed by atoms with Gasteiger partial charge in [0.2, 0.25) is 5.91 Å². The summed E-state index contributed by atoms with van der Waals surface area (Å²) in [6.07, 6.45) is 0. The van der Waals surface area contributed by atoms with Crippen LogP contribution < -0.4 is 21.1 Å². The van der Waals surface area contributed by atoms with Crippen LogP contribution in [-0.4, -0.2) is 32.1 Å². The zero-order chi connectivity index (χ0) is 18.4. The van der Waals surface area contributed by atoms with Crippen molar-refractivity contribution in [2.45, 2.75) is 19.9 Å². The SMILES string of the molecule is CCN(CCNC(=O)C1CNNC1c1ccccc1)c1cccc(C)c1. The van der Waals surface area contributed by atoms with Gasteiger partial charge in [0.25, 0.3) is 0 Å². The summed E-state index contributed by atoms with van der Waals surface area (Å²) in [6.45, 7) is 7.23. The molecule has 5 heteroatoms. The predicted octanol–water partition coefficient (Wildman–Crippen LogP) is 2.40. The van der Waals surface area contributed by atoms with E-state index in [0.29, 0.717) is 13.1 Å². The largest absolute Gasteiger partial charge is 0.370 e. The molecule has 2 atom stereocenters. The fraction of sp³-hybridized carbons (Fsp3) is 0.381. The third-order valence-electron chi connectivity index (χ3n) is 4.91. The molecule has 1 aliphatic heterocycles. The van der Waals surface area contributed by atoms with Crippen LogP contribution in [0.3, 0.4) is 0 Å². The third kappa shape index (κ3) is 4.42. The summed E-state index contributed by atoms with van der Waals surface area (Å²) in [5, 5.41) is 3.11. The van der Waals surface area contributed by atoms with Gasteiger partial charge in [0.05, 0.1) is 12.0 Å². The molecule has 2 aromatic rings. The van der Waals surface area contributed by atoms with E-state index in [9.17, 15) is 4.79 Å². The summed E-state index contributed by atoms with van der Waals surface area (Å²) in [4.78, 5) is 15.0. The van der Waals surface area contributed by atoms with E-state index in [1.807, 2.05) is 18.2 Å². The minimum atomic E-state index is -0.105. The lowest BCUT2D eigenvalue weighted by Crippen LogP contribution is -2.40. The normalized spacial score (nSPS) is 19.3. The summed E-state index contributed by atoms with van der Waals surface area (Å²) >= 11 is 0. The fourth-order valence-electron chi connectivity index (χ4n) is 3.46. The average molecular weight is 352 g/mol. The minimum absolute atomic E-state index is 0.00949. The quantitative estimate of drug-likeness (QED) is 0.716. The first-order chi connectivity index (χ1) is 12.7. The van der Waals surface area contributed by atoms with Gasteiger partial charge in [-0.25, -0.2) is 5.43 Å². The van der Waals surface area contributed by atoms with Gasteiger partial charge >= 0.3 is 0 Å². The van der Waals surface area contributed by atoms with Crippen LogP contribution in [0.25, 0.3) is 0 Å². The molecule has 0 aliphatic carbocycles.